The van der Waals surface area contributed by atoms with Crippen LogP contribution < -0.4 is 15.4 Å². The fourth-order valence-corrected chi connectivity index (χ4v) is 1.97. The maximum absolute atomic E-state index is 12.0. The lowest BCUT2D eigenvalue weighted by molar-refractivity contribution is -0.127. The number of hydrogen-bond acceptors (Lipinski definition) is 4. The highest BCUT2D eigenvalue weighted by atomic mass is 16.5. The van der Waals surface area contributed by atoms with Crippen molar-refractivity contribution in [2.24, 2.45) is 0 Å². The van der Waals surface area contributed by atoms with Crippen LogP contribution in [0.1, 0.15) is 24.5 Å². The lowest BCUT2D eigenvalue weighted by atomic mass is 10.1. The third-order valence-corrected chi connectivity index (χ3v) is 3.08. The second-order valence-electron chi connectivity index (χ2n) is 5.04. The molecule has 0 bridgehead atoms. The number of amides is 1. The van der Waals surface area contributed by atoms with Crippen molar-refractivity contribution in [2.45, 2.75) is 32.9 Å². The Labute approximate surface area is 127 Å². The number of nitrogens with one attached hydrogen (secondary N) is 2. The summed E-state index contributed by atoms with van der Waals surface area (Å²) in [5.41, 5.74) is 2.22. The summed E-state index contributed by atoms with van der Waals surface area (Å²) in [7, 11) is 3.53. The number of carbonyl (C=O) groups is 1. The van der Waals surface area contributed by atoms with Crippen LogP contribution in [0.2, 0.25) is 0 Å². The molecule has 0 fully saturated rings. The predicted octanol–water partition coefficient (Wildman–Crippen LogP) is 1.63. The average molecular weight is 294 g/mol. The summed E-state index contributed by atoms with van der Waals surface area (Å²) in [6.07, 6.45) is 0.274. The molecule has 0 spiro atoms. The van der Waals surface area contributed by atoms with Gasteiger partial charge in [-0.3, -0.25) is 4.79 Å². The maximum Gasteiger partial charge on any atom is 0.260 e. The number of benzene rings is 1. The Hall–Kier alpha value is -1.59. The molecule has 0 aromatic heterocycles. The van der Waals surface area contributed by atoms with Gasteiger partial charge in [0.15, 0.2) is 6.10 Å². The molecule has 0 heterocycles. The molecular formula is C16H26N2O3. The standard InChI is InChI=1S/C16H26N2O3/c1-12-6-7-15(14(10-12)11-17-3)21-13(2)16(19)18-8-5-9-20-4/h6-7,10,13,17H,5,8-9,11H2,1-4H3,(H,18,19). The molecule has 0 saturated carbocycles. The molecule has 5 nitrogen and oxygen atoms in total. The fraction of sp³-hybridized carbons (Fsp3) is 0.562. The summed E-state index contributed by atoms with van der Waals surface area (Å²) in [6, 6.07) is 5.96. The summed E-state index contributed by atoms with van der Waals surface area (Å²) < 4.78 is 10.7. The molecule has 5 heteroatoms. The van der Waals surface area contributed by atoms with Crippen LogP contribution in [0.4, 0.5) is 0 Å². The molecule has 1 atom stereocenters. The van der Waals surface area contributed by atoms with Crippen LogP contribution in [0, 0.1) is 6.92 Å². The van der Waals surface area contributed by atoms with Gasteiger partial charge in [0.25, 0.3) is 5.91 Å². The van der Waals surface area contributed by atoms with E-state index in [1.807, 2.05) is 26.1 Å². The Morgan fingerprint density at radius 3 is 2.81 bits per heavy atom. The van der Waals surface area contributed by atoms with E-state index in [2.05, 4.69) is 16.7 Å². The van der Waals surface area contributed by atoms with Gasteiger partial charge in [-0.2, -0.15) is 0 Å². The lowest BCUT2D eigenvalue weighted by Gasteiger charge is -2.17. The van der Waals surface area contributed by atoms with Crippen molar-refractivity contribution < 1.29 is 14.3 Å². The summed E-state index contributed by atoms with van der Waals surface area (Å²) >= 11 is 0. The molecule has 1 unspecified atom stereocenters. The maximum atomic E-state index is 12.0. The minimum Gasteiger partial charge on any atom is -0.481 e. The zero-order valence-electron chi connectivity index (χ0n) is 13.4. The fourth-order valence-electron chi connectivity index (χ4n) is 1.97. The average Bonchev–Trinajstić information content (AvgIpc) is 2.46. The molecule has 0 saturated heterocycles. The normalized spacial score (nSPS) is 12.0. The van der Waals surface area contributed by atoms with E-state index in [9.17, 15) is 4.79 Å². The summed E-state index contributed by atoms with van der Waals surface area (Å²) in [4.78, 5) is 12.0. The molecule has 1 aromatic carbocycles. The first-order valence-electron chi connectivity index (χ1n) is 7.26. The van der Waals surface area contributed by atoms with E-state index in [1.165, 1.54) is 5.56 Å². The minimum absolute atomic E-state index is 0.109. The molecule has 0 aliphatic rings. The van der Waals surface area contributed by atoms with Crippen molar-refractivity contribution in [1.82, 2.24) is 10.6 Å². The quantitative estimate of drug-likeness (QED) is 0.680. The van der Waals surface area contributed by atoms with E-state index in [1.54, 1.807) is 14.0 Å². The summed E-state index contributed by atoms with van der Waals surface area (Å²) in [5, 5.41) is 5.95. The summed E-state index contributed by atoms with van der Waals surface area (Å²) in [5.74, 6) is 0.636. The molecule has 2 N–H and O–H groups in total. The highest BCUT2D eigenvalue weighted by Gasteiger charge is 2.15. The number of methoxy groups -OCH3 is 1. The first-order chi connectivity index (χ1) is 10.1. The van der Waals surface area contributed by atoms with Gasteiger partial charge < -0.3 is 20.1 Å². The third kappa shape index (κ3) is 6.14. The molecule has 1 rings (SSSR count). The van der Waals surface area contributed by atoms with Gasteiger partial charge >= 0.3 is 0 Å². The van der Waals surface area contributed by atoms with E-state index in [4.69, 9.17) is 9.47 Å². The van der Waals surface area contributed by atoms with Gasteiger partial charge in [-0.1, -0.05) is 17.7 Å². The van der Waals surface area contributed by atoms with E-state index in [0.29, 0.717) is 19.7 Å². The minimum atomic E-state index is -0.522. The van der Waals surface area contributed by atoms with Gasteiger partial charge in [-0.05, 0) is 33.4 Å². The Bertz CT molecular complexity index is 449. The van der Waals surface area contributed by atoms with E-state index >= 15 is 0 Å². The molecule has 0 aliphatic carbocycles. The molecule has 118 valence electrons. The van der Waals surface area contributed by atoms with Crippen LogP contribution in [0.3, 0.4) is 0 Å². The van der Waals surface area contributed by atoms with E-state index < -0.39 is 6.10 Å². The van der Waals surface area contributed by atoms with Crippen LogP contribution in [0.15, 0.2) is 18.2 Å². The molecular weight excluding hydrogens is 268 g/mol. The van der Waals surface area contributed by atoms with Crippen LogP contribution >= 0.6 is 0 Å². The van der Waals surface area contributed by atoms with Gasteiger partial charge in [-0.15, -0.1) is 0 Å². The topological polar surface area (TPSA) is 59.6 Å². The molecule has 1 amide bonds. The highest BCUT2D eigenvalue weighted by Crippen LogP contribution is 2.21. The molecule has 21 heavy (non-hydrogen) atoms. The third-order valence-electron chi connectivity index (χ3n) is 3.08. The molecule has 1 aromatic rings. The Balaban J connectivity index is 2.57. The lowest BCUT2D eigenvalue weighted by Crippen LogP contribution is -2.37. The zero-order chi connectivity index (χ0) is 15.7. The number of rotatable bonds is 9. The van der Waals surface area contributed by atoms with Crippen LogP contribution in [0.25, 0.3) is 0 Å². The van der Waals surface area contributed by atoms with Gasteiger partial charge in [0, 0.05) is 32.4 Å². The van der Waals surface area contributed by atoms with E-state index in [0.717, 1.165) is 17.7 Å². The molecule has 0 aliphatic heterocycles. The largest absolute Gasteiger partial charge is 0.481 e. The van der Waals surface area contributed by atoms with Crippen LogP contribution in [-0.4, -0.2) is 39.3 Å². The first kappa shape index (κ1) is 17.5. The van der Waals surface area contributed by atoms with Crippen LogP contribution in [-0.2, 0) is 16.1 Å². The molecule has 0 radical (unpaired) electrons. The Morgan fingerprint density at radius 2 is 2.14 bits per heavy atom. The van der Waals surface area contributed by atoms with Crippen molar-refractivity contribution in [3.8, 4) is 5.75 Å². The van der Waals surface area contributed by atoms with Crippen molar-refractivity contribution in [2.75, 3.05) is 27.3 Å². The van der Waals surface area contributed by atoms with Crippen molar-refractivity contribution in [3.63, 3.8) is 0 Å². The number of hydrogen-bond donors (Lipinski definition) is 2. The van der Waals surface area contributed by atoms with Gasteiger partial charge in [0.2, 0.25) is 0 Å². The first-order valence-corrected chi connectivity index (χ1v) is 7.26. The zero-order valence-corrected chi connectivity index (χ0v) is 13.4. The Morgan fingerprint density at radius 1 is 1.38 bits per heavy atom. The SMILES string of the molecule is CNCc1cc(C)ccc1OC(C)C(=O)NCCCOC. The van der Waals surface area contributed by atoms with Gasteiger partial charge in [0.05, 0.1) is 0 Å². The van der Waals surface area contributed by atoms with Crippen molar-refractivity contribution in [1.29, 1.82) is 0 Å². The van der Waals surface area contributed by atoms with Gasteiger partial charge in [-0.25, -0.2) is 0 Å². The van der Waals surface area contributed by atoms with Crippen molar-refractivity contribution >= 4 is 5.91 Å². The summed E-state index contributed by atoms with van der Waals surface area (Å²) in [6.45, 7) is 5.74. The number of aryl methyl sites for hydroxylation is 1. The monoisotopic (exact) mass is 294 g/mol. The number of ether oxygens (including phenoxy) is 2. The van der Waals surface area contributed by atoms with Crippen molar-refractivity contribution in [3.05, 3.63) is 29.3 Å². The smallest absolute Gasteiger partial charge is 0.260 e. The Kier molecular flexibility index (Phi) is 7.79. The number of carbonyl (C=O) groups excluding carboxylic acids is 1. The second-order valence-corrected chi connectivity index (χ2v) is 5.04. The predicted molar refractivity (Wildman–Crippen MR) is 83.5 cm³/mol. The van der Waals surface area contributed by atoms with E-state index in [-0.39, 0.29) is 5.91 Å². The van der Waals surface area contributed by atoms with Crippen LogP contribution in [0.5, 0.6) is 5.75 Å². The second kappa shape index (κ2) is 9.37. The highest BCUT2D eigenvalue weighted by molar-refractivity contribution is 5.80. The van der Waals surface area contributed by atoms with Gasteiger partial charge in [0.1, 0.15) is 5.75 Å².